The molecule has 2 aromatic rings. The quantitative estimate of drug-likeness (QED) is 0.633. The van der Waals surface area contributed by atoms with E-state index in [-0.39, 0.29) is 0 Å². The number of nitrogens with one attached hydrogen (secondary N) is 2. The minimum Gasteiger partial charge on any atom is -0.385 e. The lowest BCUT2D eigenvalue weighted by Crippen LogP contribution is -2.18. The van der Waals surface area contributed by atoms with E-state index in [1.165, 1.54) is 43.9 Å². The maximum Gasteiger partial charge on any atom is 0.158 e. The highest BCUT2D eigenvalue weighted by Gasteiger charge is 2.14. The summed E-state index contributed by atoms with van der Waals surface area (Å²) in [5.74, 6) is 2.02. The fourth-order valence-electron chi connectivity index (χ4n) is 3.55. The summed E-state index contributed by atoms with van der Waals surface area (Å²) < 4.78 is 5.19. The fourth-order valence-corrected chi connectivity index (χ4v) is 3.55. The first kappa shape index (κ1) is 20.0. The van der Waals surface area contributed by atoms with Gasteiger partial charge < -0.3 is 15.4 Å². The van der Waals surface area contributed by atoms with Crippen LogP contribution in [-0.2, 0) is 11.2 Å². The second kappa shape index (κ2) is 10.6. The Labute approximate surface area is 166 Å². The average molecular weight is 380 g/mol. The Balaban J connectivity index is 1.70. The van der Waals surface area contributed by atoms with Gasteiger partial charge in [0.1, 0.15) is 17.7 Å². The summed E-state index contributed by atoms with van der Waals surface area (Å²) in [6.07, 6.45) is 13.5. The number of anilines is 3. The molecule has 1 aliphatic carbocycles. The molecular formula is C21H28N6O. The van der Waals surface area contributed by atoms with E-state index in [0.29, 0.717) is 17.3 Å². The van der Waals surface area contributed by atoms with Crippen LogP contribution in [0, 0.1) is 17.2 Å². The zero-order valence-electron chi connectivity index (χ0n) is 16.4. The van der Waals surface area contributed by atoms with Crippen molar-refractivity contribution in [3.63, 3.8) is 0 Å². The van der Waals surface area contributed by atoms with Crippen LogP contribution in [0.25, 0.3) is 0 Å². The van der Waals surface area contributed by atoms with Crippen molar-refractivity contribution >= 4 is 17.3 Å². The molecule has 2 aromatic heterocycles. The number of pyridine rings is 1. The molecule has 0 aliphatic heterocycles. The predicted molar refractivity (Wildman–Crippen MR) is 110 cm³/mol. The molecule has 148 valence electrons. The van der Waals surface area contributed by atoms with E-state index in [4.69, 9.17) is 10.00 Å². The van der Waals surface area contributed by atoms with Crippen molar-refractivity contribution in [3.05, 3.63) is 35.9 Å². The Morgan fingerprint density at radius 3 is 2.64 bits per heavy atom. The van der Waals surface area contributed by atoms with E-state index in [0.717, 1.165) is 37.6 Å². The summed E-state index contributed by atoms with van der Waals surface area (Å²) in [6.45, 7) is 1.74. The van der Waals surface area contributed by atoms with Gasteiger partial charge in [-0.15, -0.1) is 0 Å². The summed E-state index contributed by atoms with van der Waals surface area (Å²) in [5.41, 5.74) is 2.60. The maximum atomic E-state index is 8.84. The number of nitriles is 1. The van der Waals surface area contributed by atoms with Gasteiger partial charge in [-0.05, 0) is 37.2 Å². The van der Waals surface area contributed by atoms with Gasteiger partial charge in [0.15, 0.2) is 5.69 Å². The molecule has 0 atom stereocenters. The fraction of sp³-hybridized carbons (Fsp3) is 0.524. The summed E-state index contributed by atoms with van der Waals surface area (Å²) in [4.78, 5) is 12.8. The molecule has 2 heterocycles. The molecule has 1 aliphatic rings. The van der Waals surface area contributed by atoms with Crippen LogP contribution in [0.2, 0.25) is 0 Å². The van der Waals surface area contributed by atoms with Gasteiger partial charge in [-0.1, -0.05) is 19.3 Å². The third-order valence-corrected chi connectivity index (χ3v) is 5.11. The van der Waals surface area contributed by atoms with Crippen LogP contribution in [-0.4, -0.2) is 35.2 Å². The SMILES string of the molecule is COCCCc1cnc(Nc2cnc(C#N)cn2)cc1NCC1CCCCC1. The zero-order chi connectivity index (χ0) is 19.6. The lowest BCUT2D eigenvalue weighted by molar-refractivity contribution is 0.195. The number of methoxy groups -OCH3 is 1. The number of ether oxygens (including phenoxy) is 1. The van der Waals surface area contributed by atoms with Gasteiger partial charge in [0.05, 0.1) is 12.4 Å². The second-order valence-electron chi connectivity index (χ2n) is 7.23. The molecule has 3 rings (SSSR count). The molecule has 2 N–H and O–H groups in total. The van der Waals surface area contributed by atoms with Gasteiger partial charge in [0.25, 0.3) is 0 Å². The molecule has 28 heavy (non-hydrogen) atoms. The van der Waals surface area contributed by atoms with Gasteiger partial charge in [-0.3, -0.25) is 0 Å². The van der Waals surface area contributed by atoms with Crippen molar-refractivity contribution in [1.29, 1.82) is 5.26 Å². The van der Waals surface area contributed by atoms with Crippen molar-refractivity contribution < 1.29 is 4.74 Å². The van der Waals surface area contributed by atoms with Crippen LogP contribution in [0.5, 0.6) is 0 Å². The average Bonchev–Trinajstić information content (AvgIpc) is 2.75. The molecule has 7 nitrogen and oxygen atoms in total. The Hall–Kier alpha value is -2.72. The van der Waals surface area contributed by atoms with Gasteiger partial charge in [-0.2, -0.15) is 5.26 Å². The maximum absolute atomic E-state index is 8.84. The number of aromatic nitrogens is 3. The van der Waals surface area contributed by atoms with Crippen LogP contribution < -0.4 is 10.6 Å². The van der Waals surface area contributed by atoms with Crippen molar-refractivity contribution in [3.8, 4) is 6.07 Å². The van der Waals surface area contributed by atoms with E-state index >= 15 is 0 Å². The lowest BCUT2D eigenvalue weighted by Gasteiger charge is -2.23. The summed E-state index contributed by atoms with van der Waals surface area (Å²) in [6, 6.07) is 4.00. The molecular weight excluding hydrogens is 352 g/mol. The molecule has 7 heteroatoms. The highest BCUT2D eigenvalue weighted by atomic mass is 16.5. The van der Waals surface area contributed by atoms with Crippen LogP contribution in [0.3, 0.4) is 0 Å². The molecule has 0 aromatic carbocycles. The molecule has 1 saturated carbocycles. The minimum absolute atomic E-state index is 0.293. The normalized spacial score (nSPS) is 14.4. The smallest absolute Gasteiger partial charge is 0.158 e. The molecule has 0 radical (unpaired) electrons. The standard InChI is InChI=1S/C21H28N6O/c1-28-9-5-8-17-13-25-20(27-21-15-23-18(11-22)14-26-21)10-19(17)24-12-16-6-3-2-4-7-16/h10,13-16H,2-9,12H2,1H3,(H2,24,25,26,27). The summed E-state index contributed by atoms with van der Waals surface area (Å²) in [5, 5.41) is 15.7. The monoisotopic (exact) mass is 380 g/mol. The number of hydrogen-bond acceptors (Lipinski definition) is 7. The van der Waals surface area contributed by atoms with Crippen LogP contribution in [0.1, 0.15) is 49.8 Å². The Morgan fingerprint density at radius 2 is 1.93 bits per heavy atom. The number of nitrogens with zero attached hydrogens (tertiary/aromatic N) is 4. The Bertz CT molecular complexity index is 780. The van der Waals surface area contributed by atoms with Gasteiger partial charge >= 0.3 is 0 Å². The zero-order valence-corrected chi connectivity index (χ0v) is 16.4. The van der Waals surface area contributed by atoms with Crippen LogP contribution in [0.4, 0.5) is 17.3 Å². The van der Waals surface area contributed by atoms with Crippen molar-refractivity contribution in [1.82, 2.24) is 15.0 Å². The van der Waals surface area contributed by atoms with Crippen LogP contribution in [0.15, 0.2) is 24.7 Å². The topological polar surface area (TPSA) is 95.8 Å². The third-order valence-electron chi connectivity index (χ3n) is 5.11. The van der Waals surface area contributed by atoms with E-state index in [1.54, 1.807) is 13.3 Å². The summed E-state index contributed by atoms with van der Waals surface area (Å²) in [7, 11) is 1.73. The number of hydrogen-bond donors (Lipinski definition) is 2. The molecule has 1 fully saturated rings. The van der Waals surface area contributed by atoms with Gasteiger partial charge in [-0.25, -0.2) is 15.0 Å². The highest BCUT2D eigenvalue weighted by Crippen LogP contribution is 2.26. The minimum atomic E-state index is 0.293. The molecule has 0 saturated heterocycles. The summed E-state index contributed by atoms with van der Waals surface area (Å²) >= 11 is 0. The number of rotatable bonds is 9. The van der Waals surface area contributed by atoms with E-state index < -0.39 is 0 Å². The first-order valence-corrected chi connectivity index (χ1v) is 9.99. The van der Waals surface area contributed by atoms with Crippen molar-refractivity contribution in [2.24, 2.45) is 5.92 Å². The first-order chi connectivity index (χ1) is 13.8. The molecule has 0 amide bonds. The van der Waals surface area contributed by atoms with Crippen molar-refractivity contribution in [2.75, 3.05) is 30.9 Å². The van der Waals surface area contributed by atoms with E-state index in [9.17, 15) is 0 Å². The highest BCUT2D eigenvalue weighted by molar-refractivity contribution is 5.61. The second-order valence-corrected chi connectivity index (χ2v) is 7.23. The molecule has 0 spiro atoms. The van der Waals surface area contributed by atoms with E-state index in [2.05, 4.69) is 25.6 Å². The predicted octanol–water partition coefficient (Wildman–Crippen LogP) is 4.06. The lowest BCUT2D eigenvalue weighted by atomic mass is 9.89. The van der Waals surface area contributed by atoms with Crippen molar-refractivity contribution in [2.45, 2.75) is 44.9 Å². The van der Waals surface area contributed by atoms with Gasteiger partial charge in [0, 0.05) is 38.2 Å². The Morgan fingerprint density at radius 1 is 1.11 bits per heavy atom. The third kappa shape index (κ3) is 5.89. The Kier molecular flexibility index (Phi) is 7.56. The first-order valence-electron chi connectivity index (χ1n) is 9.99. The molecule has 0 bridgehead atoms. The van der Waals surface area contributed by atoms with E-state index in [1.807, 2.05) is 18.3 Å². The van der Waals surface area contributed by atoms with Crippen LogP contribution >= 0.6 is 0 Å². The number of aryl methyl sites for hydroxylation is 1. The van der Waals surface area contributed by atoms with Gasteiger partial charge in [0.2, 0.25) is 0 Å². The molecule has 0 unspecified atom stereocenters. The largest absolute Gasteiger partial charge is 0.385 e.